The molecule has 3 aromatic carbocycles. The molecule has 0 aliphatic heterocycles. The highest BCUT2D eigenvalue weighted by molar-refractivity contribution is 7.92. The summed E-state index contributed by atoms with van der Waals surface area (Å²) >= 11 is 1.59. The van der Waals surface area contributed by atoms with E-state index in [9.17, 15) is 8.42 Å². The molecule has 0 spiro atoms. The predicted octanol–water partition coefficient (Wildman–Crippen LogP) is 5.90. The van der Waals surface area contributed by atoms with Crippen LogP contribution in [0.25, 0.3) is 21.8 Å². The highest BCUT2D eigenvalue weighted by atomic mass is 32.2. The summed E-state index contributed by atoms with van der Waals surface area (Å²) in [7, 11) is -2.33. The second-order valence-corrected chi connectivity index (χ2v) is 9.70. The van der Waals surface area contributed by atoms with E-state index in [0.717, 1.165) is 27.4 Å². The van der Waals surface area contributed by atoms with Gasteiger partial charge in [0, 0.05) is 22.2 Å². The van der Waals surface area contributed by atoms with Crippen LogP contribution < -0.4 is 9.46 Å². The minimum atomic E-state index is -3.78. The first-order chi connectivity index (χ1) is 14.9. The summed E-state index contributed by atoms with van der Waals surface area (Å²) in [4.78, 5) is 4.87. The molecule has 0 unspecified atom stereocenters. The molecule has 1 N–H and O–H groups in total. The number of thiazole rings is 1. The van der Waals surface area contributed by atoms with Gasteiger partial charge < -0.3 is 4.74 Å². The molecule has 0 saturated carbocycles. The zero-order chi connectivity index (χ0) is 22.0. The predicted molar refractivity (Wildman–Crippen MR) is 126 cm³/mol. The maximum absolute atomic E-state index is 12.9. The van der Waals surface area contributed by atoms with Crippen molar-refractivity contribution < 1.29 is 13.2 Å². The van der Waals surface area contributed by atoms with Crippen LogP contribution in [0.2, 0.25) is 0 Å². The lowest BCUT2D eigenvalue weighted by Crippen LogP contribution is -2.14. The molecule has 1 aromatic heterocycles. The average molecular weight is 451 g/mol. The van der Waals surface area contributed by atoms with Crippen LogP contribution in [0.3, 0.4) is 0 Å². The quantitative estimate of drug-likeness (QED) is 0.397. The van der Waals surface area contributed by atoms with E-state index in [1.807, 2.05) is 42.6 Å². The fraction of sp³-hybridized carbons (Fsp3) is 0.125. The summed E-state index contributed by atoms with van der Waals surface area (Å²) in [5.74, 6) is 0.306. The van der Waals surface area contributed by atoms with E-state index in [4.69, 9.17) is 9.72 Å². The summed E-state index contributed by atoms with van der Waals surface area (Å²) in [5.41, 5.74) is 5.39. The second kappa shape index (κ2) is 8.53. The second-order valence-electron chi connectivity index (χ2n) is 7.19. The minimum absolute atomic E-state index is 0.112. The Morgan fingerprint density at radius 2 is 1.71 bits per heavy atom. The Morgan fingerprint density at radius 3 is 2.42 bits per heavy atom. The van der Waals surface area contributed by atoms with Crippen LogP contribution in [-0.2, 0) is 10.0 Å². The zero-order valence-corrected chi connectivity index (χ0v) is 19.0. The number of methoxy groups -OCH3 is 1. The van der Waals surface area contributed by atoms with E-state index < -0.39 is 10.0 Å². The van der Waals surface area contributed by atoms with E-state index in [0.29, 0.717) is 11.4 Å². The molecule has 7 heteroatoms. The van der Waals surface area contributed by atoms with E-state index in [2.05, 4.69) is 23.8 Å². The van der Waals surface area contributed by atoms with Gasteiger partial charge in [0.2, 0.25) is 0 Å². The van der Waals surface area contributed by atoms with Crippen molar-refractivity contribution in [1.82, 2.24) is 4.98 Å². The minimum Gasteiger partial charge on any atom is -0.495 e. The van der Waals surface area contributed by atoms with Gasteiger partial charge in [-0.05, 0) is 49.2 Å². The normalized spacial score (nSPS) is 11.3. The van der Waals surface area contributed by atoms with Crippen molar-refractivity contribution in [3.63, 3.8) is 0 Å². The van der Waals surface area contributed by atoms with Gasteiger partial charge in [0.05, 0.1) is 12.8 Å². The topological polar surface area (TPSA) is 68.3 Å². The van der Waals surface area contributed by atoms with E-state index in [-0.39, 0.29) is 4.90 Å². The Labute approximate surface area is 186 Å². The van der Waals surface area contributed by atoms with Crippen LogP contribution in [0.5, 0.6) is 5.75 Å². The third-order valence-electron chi connectivity index (χ3n) is 4.92. The number of sulfonamides is 1. The van der Waals surface area contributed by atoms with Gasteiger partial charge in [-0.3, -0.25) is 4.72 Å². The maximum atomic E-state index is 12.9. The number of aromatic nitrogens is 1. The van der Waals surface area contributed by atoms with Crippen molar-refractivity contribution in [2.75, 3.05) is 11.8 Å². The van der Waals surface area contributed by atoms with Crippen molar-refractivity contribution in [1.29, 1.82) is 0 Å². The van der Waals surface area contributed by atoms with Crippen molar-refractivity contribution in [3.05, 3.63) is 83.2 Å². The number of benzene rings is 3. The van der Waals surface area contributed by atoms with Gasteiger partial charge in [-0.2, -0.15) is 0 Å². The molecule has 1 heterocycles. The lowest BCUT2D eigenvalue weighted by Gasteiger charge is -2.12. The lowest BCUT2D eigenvalue weighted by molar-refractivity contribution is 0.402. The van der Waals surface area contributed by atoms with Crippen molar-refractivity contribution in [3.8, 4) is 27.6 Å². The van der Waals surface area contributed by atoms with Crippen LogP contribution in [0, 0.1) is 13.8 Å². The Kier molecular flexibility index (Phi) is 5.80. The molecule has 31 heavy (non-hydrogen) atoms. The van der Waals surface area contributed by atoms with Crippen molar-refractivity contribution in [2.24, 2.45) is 0 Å². The Balaban J connectivity index is 1.57. The standard InChI is InChI=1S/C24H22N2O3S2/c1-16-8-13-22(29-3)23(14-16)31(27,28)26-19-11-9-18(10-12-19)21-15-30-24(25-21)20-7-5-4-6-17(20)2/h4-15,26H,1-3H3. The van der Waals surface area contributed by atoms with Gasteiger partial charge in [-0.1, -0.05) is 42.5 Å². The molecule has 4 rings (SSSR count). The van der Waals surface area contributed by atoms with Crippen molar-refractivity contribution in [2.45, 2.75) is 18.7 Å². The van der Waals surface area contributed by atoms with Gasteiger partial charge in [-0.15, -0.1) is 11.3 Å². The van der Waals surface area contributed by atoms with E-state index >= 15 is 0 Å². The van der Waals surface area contributed by atoms with Gasteiger partial charge in [-0.25, -0.2) is 13.4 Å². The fourth-order valence-electron chi connectivity index (χ4n) is 3.26. The van der Waals surface area contributed by atoms with Crippen LogP contribution in [0.1, 0.15) is 11.1 Å². The smallest absolute Gasteiger partial charge is 0.265 e. The number of anilines is 1. The number of ether oxygens (including phenoxy) is 1. The highest BCUT2D eigenvalue weighted by Crippen LogP contribution is 2.32. The molecule has 0 fully saturated rings. The molecule has 0 aliphatic rings. The number of rotatable bonds is 6. The van der Waals surface area contributed by atoms with Gasteiger partial charge >= 0.3 is 0 Å². The summed E-state index contributed by atoms with van der Waals surface area (Å²) in [6, 6.07) is 20.4. The third-order valence-corrected chi connectivity index (χ3v) is 7.20. The molecule has 0 amide bonds. The van der Waals surface area contributed by atoms with E-state index in [1.165, 1.54) is 12.7 Å². The Hall–Kier alpha value is -3.16. The van der Waals surface area contributed by atoms with Crippen molar-refractivity contribution >= 4 is 27.0 Å². The summed E-state index contributed by atoms with van der Waals surface area (Å²) < 4.78 is 33.6. The first-order valence-corrected chi connectivity index (χ1v) is 12.0. The SMILES string of the molecule is COc1ccc(C)cc1S(=O)(=O)Nc1ccc(-c2csc(-c3ccccc3C)n2)cc1. The molecule has 0 saturated heterocycles. The summed E-state index contributed by atoms with van der Waals surface area (Å²) in [5, 5.41) is 2.97. The Morgan fingerprint density at radius 1 is 0.968 bits per heavy atom. The number of nitrogens with zero attached hydrogens (tertiary/aromatic N) is 1. The zero-order valence-electron chi connectivity index (χ0n) is 17.4. The molecule has 0 radical (unpaired) electrons. The number of hydrogen-bond acceptors (Lipinski definition) is 5. The van der Waals surface area contributed by atoms with Crippen LogP contribution in [0.4, 0.5) is 5.69 Å². The molecular formula is C24H22N2O3S2. The molecule has 0 aliphatic carbocycles. The number of nitrogens with one attached hydrogen (secondary N) is 1. The summed E-state index contributed by atoms with van der Waals surface area (Å²) in [6.45, 7) is 3.91. The Bertz CT molecular complexity index is 1330. The average Bonchev–Trinajstić information content (AvgIpc) is 3.24. The number of hydrogen-bond donors (Lipinski definition) is 1. The first kappa shape index (κ1) is 21.1. The van der Waals surface area contributed by atoms with Crippen LogP contribution >= 0.6 is 11.3 Å². The fourth-order valence-corrected chi connectivity index (χ4v) is 5.49. The maximum Gasteiger partial charge on any atom is 0.265 e. The molecular weight excluding hydrogens is 428 g/mol. The number of aryl methyl sites for hydroxylation is 2. The summed E-state index contributed by atoms with van der Waals surface area (Å²) in [6.07, 6.45) is 0. The molecule has 158 valence electrons. The molecule has 4 aromatic rings. The molecule has 0 bridgehead atoms. The van der Waals surface area contributed by atoms with Crippen LogP contribution in [-0.4, -0.2) is 20.5 Å². The first-order valence-electron chi connectivity index (χ1n) is 9.67. The lowest BCUT2D eigenvalue weighted by atomic mass is 10.1. The van der Waals surface area contributed by atoms with E-state index in [1.54, 1.807) is 35.6 Å². The largest absolute Gasteiger partial charge is 0.495 e. The highest BCUT2D eigenvalue weighted by Gasteiger charge is 2.20. The molecule has 5 nitrogen and oxygen atoms in total. The van der Waals surface area contributed by atoms with Gasteiger partial charge in [0.1, 0.15) is 15.7 Å². The van der Waals surface area contributed by atoms with Crippen LogP contribution in [0.15, 0.2) is 77.0 Å². The monoisotopic (exact) mass is 450 g/mol. The molecule has 0 atom stereocenters. The van der Waals surface area contributed by atoms with Gasteiger partial charge in [0.15, 0.2) is 0 Å². The third kappa shape index (κ3) is 4.47. The van der Waals surface area contributed by atoms with Gasteiger partial charge in [0.25, 0.3) is 10.0 Å².